The minimum absolute atomic E-state index is 0.0145. The number of nitrogens with one attached hydrogen (secondary N) is 12. The first-order chi connectivity index (χ1) is 62.3. The van der Waals surface area contributed by atoms with E-state index in [0.717, 1.165) is 29.5 Å². The SMILES string of the molecule is CC(C)C[C@H](C)C(=O)O.CC(C)C[C@H](NC(=O)OCc1ccccc1)C(=O)N[C@@H](C[C@@H]1CCNC1=O)C(N)=O.CC(C)C[C@H](NC(=O)OCc1ccccc1)C(=O)N[C@H](C#N)C[C@@H]1CCNC1=O.COC(=O)[C@@H](N)C[C@@H]1CCNC1=O.COC(=O)[C@H](C[C@@H]1CCNC1=O)NC(=O)OC(C)(C)C.COC(=O)[C@H](C[C@@H]1CCNC1=O)NC(=O)[C@H](CC(C)C)NC(=O)OCc1ccccc1. The predicted octanol–water partition coefficient (Wildman–Crippen LogP) is 5.54. The summed E-state index contributed by atoms with van der Waals surface area (Å²) in [5, 5.41) is 49.3. The fourth-order valence-corrected chi connectivity index (χ4v) is 14.0. The maximum absolute atomic E-state index is 12.9. The predicted molar refractivity (Wildman–Crippen MR) is 482 cm³/mol. The lowest BCUT2D eigenvalue weighted by Gasteiger charge is -2.24. The van der Waals surface area contributed by atoms with Crippen LogP contribution in [0.4, 0.5) is 19.2 Å². The molecule has 5 heterocycles. The first-order valence-electron chi connectivity index (χ1n) is 44.5. The zero-order chi connectivity index (χ0) is 98.7. The molecule has 8 rings (SSSR count). The van der Waals surface area contributed by atoms with E-state index in [-0.39, 0.29) is 128 Å². The first-order valence-corrected chi connectivity index (χ1v) is 44.5. The molecule has 40 nitrogen and oxygen atoms in total. The molecule has 0 spiro atoms. The van der Waals surface area contributed by atoms with Crippen molar-refractivity contribution in [1.29, 1.82) is 5.26 Å². The van der Waals surface area contributed by atoms with Crippen molar-refractivity contribution in [3.8, 4) is 6.07 Å². The number of carbonyl (C=O) groups excluding carboxylic acids is 16. The number of rotatable bonds is 39. The van der Waals surface area contributed by atoms with Crippen LogP contribution in [-0.2, 0) is 115 Å². The van der Waals surface area contributed by atoms with Crippen LogP contribution in [0.15, 0.2) is 91.0 Å². The lowest BCUT2D eigenvalue weighted by Crippen LogP contribution is -2.54. The van der Waals surface area contributed by atoms with E-state index in [1.807, 2.05) is 152 Å². The van der Waals surface area contributed by atoms with Gasteiger partial charge < -0.3 is 114 Å². The van der Waals surface area contributed by atoms with Gasteiger partial charge in [0.2, 0.25) is 53.2 Å². The summed E-state index contributed by atoms with van der Waals surface area (Å²) < 4.78 is 34.6. The molecule has 132 heavy (non-hydrogen) atoms. The minimum Gasteiger partial charge on any atom is -0.481 e. The number of hydrogen-bond acceptors (Lipinski definition) is 26. The van der Waals surface area contributed by atoms with Gasteiger partial charge in [0.15, 0.2) is 0 Å². The highest BCUT2D eigenvalue weighted by atomic mass is 16.6. The van der Waals surface area contributed by atoms with Crippen molar-refractivity contribution < 1.29 is 120 Å². The lowest BCUT2D eigenvalue weighted by molar-refractivity contribution is -0.146. The number of aliphatic carboxylic acids is 1. The van der Waals surface area contributed by atoms with Gasteiger partial charge >= 0.3 is 48.3 Å². The molecule has 14 atom stereocenters. The number of amides is 13. The molecule has 5 aliphatic heterocycles. The number of alkyl carbamates (subject to hydrolysis) is 4. The van der Waals surface area contributed by atoms with Gasteiger partial charge in [-0.1, -0.05) is 153 Å². The highest BCUT2D eigenvalue weighted by molar-refractivity contribution is 5.93. The Labute approximate surface area is 772 Å². The van der Waals surface area contributed by atoms with E-state index >= 15 is 0 Å². The summed E-state index contributed by atoms with van der Waals surface area (Å²) >= 11 is 0. The first kappa shape index (κ1) is 113. The Bertz CT molecular complexity index is 4250. The number of esters is 3. The van der Waals surface area contributed by atoms with Gasteiger partial charge in [-0.15, -0.1) is 0 Å². The summed E-state index contributed by atoms with van der Waals surface area (Å²) in [5.41, 5.74) is 12.8. The van der Waals surface area contributed by atoms with Crippen molar-refractivity contribution in [2.45, 2.75) is 247 Å². The summed E-state index contributed by atoms with van der Waals surface area (Å²) in [4.78, 5) is 201. The summed E-state index contributed by atoms with van der Waals surface area (Å²) in [5.74, 6) is -5.98. The average Bonchev–Trinajstić information content (AvgIpc) is 1.62. The molecule has 732 valence electrons. The molecule has 0 aromatic heterocycles. The van der Waals surface area contributed by atoms with Crippen LogP contribution >= 0.6 is 0 Å². The number of nitrogens with two attached hydrogens (primary N) is 2. The van der Waals surface area contributed by atoms with E-state index in [9.17, 15) is 86.8 Å². The number of methoxy groups -OCH3 is 3. The second kappa shape index (κ2) is 60.3. The van der Waals surface area contributed by atoms with Gasteiger partial charge in [0.1, 0.15) is 73.8 Å². The monoisotopic (exact) mass is 1850 g/mol. The standard InChI is InChI=1S/C22H31N3O6.C21H30N4O5.C21H28N4O4.C13H22N2O5.C8H14N2O3.C7H14O2/c1-14(2)11-17(25-22(29)31-13-15-7-5-4-6-8-15)20(27)24-18(21(28)30-3)12-16-9-10-23-19(16)26;1-13(2)10-17(25-21(29)30-12-14-6-4-3-5-7-14)20(28)24-16(18(22)26)11-15-8-9-23-19(15)27;1-14(2)10-18(25-21(28)29-13-15-6-4-3-5-7-15)20(27)24-17(12-22)11-16-8-9-23-19(16)26;1-13(2,3)20-12(18)15-9(11(17)19-4)7-8-5-6-14-10(8)16;1-13-8(12)6(9)4-5-2-3-10-7(5)11;1-5(2)4-6(3)7(8)9/h4-8,14,16-18H,9-13H2,1-3H3,(H,23,26)(H,24,27)(H,25,29);3-7,13,15-17H,8-12H2,1-2H3,(H2,22,26)(H,23,27)(H,24,28)(H,25,29);3-7,14,16-18H,8-11,13H2,1-2H3,(H,23,26)(H,24,27)(H,25,28);8-9H,5-7H2,1-4H3,(H,14,16)(H,15,18);5-6H,2-4,9H2,1H3,(H,10,11);5-6H,4H2,1-3H3,(H,8,9)/t16-,17-,18-;15-,16-,17-;16-,17-,18-;8-,9-;5-,6-;6-/m000000/s1. The third-order valence-electron chi connectivity index (χ3n) is 20.9. The van der Waals surface area contributed by atoms with Crippen LogP contribution in [0.1, 0.15) is 190 Å². The molecular formula is C92H139N15O25. The van der Waals surface area contributed by atoms with E-state index in [2.05, 4.69) is 73.3 Å². The topological polar surface area (TPSA) is 595 Å². The van der Waals surface area contributed by atoms with Crippen molar-refractivity contribution in [2.75, 3.05) is 54.1 Å². The Morgan fingerprint density at radius 3 is 0.947 bits per heavy atom. The Kier molecular flexibility index (Phi) is 51.8. The molecule has 5 aliphatic rings. The van der Waals surface area contributed by atoms with Crippen LogP contribution in [0, 0.1) is 70.5 Å². The van der Waals surface area contributed by atoms with E-state index < -0.39 is 126 Å². The molecule has 40 heteroatoms. The second-order valence-corrected chi connectivity index (χ2v) is 35.2. The van der Waals surface area contributed by atoms with Crippen molar-refractivity contribution in [1.82, 2.24) is 63.8 Å². The van der Waals surface area contributed by atoms with Crippen LogP contribution in [0.5, 0.6) is 0 Å². The number of nitriles is 1. The number of carbonyl (C=O) groups is 17. The van der Waals surface area contributed by atoms with Crippen molar-refractivity contribution in [2.24, 2.45) is 70.6 Å². The number of benzene rings is 3. The van der Waals surface area contributed by atoms with E-state index in [1.54, 1.807) is 27.7 Å². The molecule has 3 aromatic rings. The van der Waals surface area contributed by atoms with E-state index in [1.165, 1.54) is 21.3 Å². The number of carboxylic acids is 1. The number of hydrogen-bond donors (Lipinski definition) is 15. The summed E-state index contributed by atoms with van der Waals surface area (Å²) in [6.45, 7) is 25.6. The molecule has 5 saturated heterocycles. The number of nitrogens with zero attached hydrogens (tertiary/aromatic N) is 1. The van der Waals surface area contributed by atoms with Gasteiger partial charge in [-0.2, -0.15) is 5.26 Å². The number of carboxylic acid groups (broad SMARTS) is 1. The van der Waals surface area contributed by atoms with Crippen molar-refractivity contribution >= 4 is 101 Å². The Morgan fingerprint density at radius 2 is 0.682 bits per heavy atom. The largest absolute Gasteiger partial charge is 0.481 e. The maximum Gasteiger partial charge on any atom is 0.408 e. The average molecular weight is 1860 g/mol. The van der Waals surface area contributed by atoms with Gasteiger partial charge in [-0.05, 0) is 151 Å². The van der Waals surface area contributed by atoms with Crippen molar-refractivity contribution in [3.05, 3.63) is 108 Å². The van der Waals surface area contributed by atoms with Gasteiger partial charge in [0, 0.05) is 62.3 Å². The molecule has 0 aliphatic carbocycles. The quantitative estimate of drug-likeness (QED) is 0.0246. The second-order valence-electron chi connectivity index (χ2n) is 35.2. The lowest BCUT2D eigenvalue weighted by atomic mass is 9.97. The normalized spacial score (nSPS) is 18.3. The van der Waals surface area contributed by atoms with Crippen LogP contribution in [0.2, 0.25) is 0 Å². The van der Waals surface area contributed by atoms with Crippen LogP contribution in [0.25, 0.3) is 0 Å². The minimum atomic E-state index is -0.997. The van der Waals surface area contributed by atoms with Gasteiger partial charge in [0.05, 0.1) is 33.3 Å². The van der Waals surface area contributed by atoms with Gasteiger partial charge in [-0.25, -0.2) is 28.8 Å². The summed E-state index contributed by atoms with van der Waals surface area (Å²) in [6.07, 6.45) is 3.31. The molecule has 0 bridgehead atoms. The molecule has 5 fully saturated rings. The fourth-order valence-electron chi connectivity index (χ4n) is 14.0. The maximum atomic E-state index is 12.9. The van der Waals surface area contributed by atoms with Crippen molar-refractivity contribution in [3.63, 3.8) is 0 Å². The third-order valence-corrected chi connectivity index (χ3v) is 20.9. The highest BCUT2D eigenvalue weighted by Crippen LogP contribution is 2.23. The third kappa shape index (κ3) is 46.2. The molecule has 0 radical (unpaired) electrons. The molecule has 13 amide bonds. The summed E-state index contributed by atoms with van der Waals surface area (Å²) in [6, 6.07) is 22.7. The number of primary amides is 1. The molecule has 0 unspecified atom stereocenters. The Hall–Kier alpha value is -12.7. The zero-order valence-corrected chi connectivity index (χ0v) is 78.5. The Morgan fingerprint density at radius 1 is 0.402 bits per heavy atom. The van der Waals surface area contributed by atoms with E-state index in [0.29, 0.717) is 90.0 Å². The van der Waals surface area contributed by atoms with Gasteiger partial charge in [0.25, 0.3) is 0 Å². The fraction of sp³-hybridized carbons (Fsp3) is 0.609. The number of ether oxygens (including phenoxy) is 7. The van der Waals surface area contributed by atoms with E-state index in [4.69, 9.17) is 40.3 Å². The van der Waals surface area contributed by atoms with Gasteiger partial charge in [-0.3, -0.25) is 52.7 Å². The van der Waals surface area contributed by atoms with Crippen LogP contribution in [0.3, 0.4) is 0 Å². The molecular weight excluding hydrogens is 1720 g/mol. The van der Waals surface area contributed by atoms with Crippen LogP contribution < -0.4 is 75.3 Å². The smallest absolute Gasteiger partial charge is 0.408 e. The Balaban J connectivity index is 0.000000424. The van der Waals surface area contributed by atoms with Crippen LogP contribution in [-0.4, -0.2) is 215 Å². The zero-order valence-electron chi connectivity index (χ0n) is 78.5. The highest BCUT2D eigenvalue weighted by Gasteiger charge is 2.39. The summed E-state index contributed by atoms with van der Waals surface area (Å²) in [7, 11) is 3.75. The molecule has 17 N–H and O–H groups in total. The molecule has 0 saturated carbocycles. The molecule has 3 aromatic carbocycles.